The summed E-state index contributed by atoms with van der Waals surface area (Å²) < 4.78 is 9.39. The molecule has 0 aromatic carbocycles. The summed E-state index contributed by atoms with van der Waals surface area (Å²) in [6, 6.07) is 0. The minimum absolute atomic E-state index is 0.106. The van der Waals surface area contributed by atoms with Gasteiger partial charge in [-0.25, -0.2) is 4.98 Å². The molecule has 1 aromatic rings. The molecule has 1 aromatic heterocycles. The fourth-order valence-electron chi connectivity index (χ4n) is 1.22. The monoisotopic (exact) mass is 272 g/mol. The van der Waals surface area contributed by atoms with Crippen LogP contribution in [0.2, 0.25) is 0 Å². The second kappa shape index (κ2) is 7.78. The van der Waals surface area contributed by atoms with E-state index in [1.807, 2.05) is 0 Å². The molecule has 0 radical (unpaired) electrons. The summed E-state index contributed by atoms with van der Waals surface area (Å²) in [5.41, 5.74) is 0.596. The average Bonchev–Trinajstić information content (AvgIpc) is 2.76. The van der Waals surface area contributed by atoms with Crippen molar-refractivity contribution in [1.82, 2.24) is 4.98 Å². The van der Waals surface area contributed by atoms with Crippen LogP contribution in [0.15, 0.2) is 5.38 Å². The van der Waals surface area contributed by atoms with Crippen LogP contribution in [0.5, 0.6) is 0 Å². The quantitative estimate of drug-likeness (QED) is 0.596. The van der Waals surface area contributed by atoms with Crippen molar-refractivity contribution in [1.29, 1.82) is 0 Å². The number of amides is 1. The smallest absolute Gasteiger partial charge is 0.311 e. The van der Waals surface area contributed by atoms with Crippen LogP contribution in [-0.2, 0) is 25.5 Å². The number of carbonyl (C=O) groups excluding carboxylic acids is 2. The Bertz CT molecular complexity index is 406. The van der Waals surface area contributed by atoms with Gasteiger partial charge in [-0.1, -0.05) is 0 Å². The number of ether oxygens (including phenoxy) is 2. The van der Waals surface area contributed by atoms with Crippen LogP contribution in [-0.4, -0.2) is 37.7 Å². The second-order valence-electron chi connectivity index (χ2n) is 3.54. The van der Waals surface area contributed by atoms with E-state index in [9.17, 15) is 9.59 Å². The third kappa shape index (κ3) is 5.24. The SMILES string of the molecule is COCCCC(=O)Nc1nc(CC(=O)OC)cs1. The topological polar surface area (TPSA) is 77.5 Å². The van der Waals surface area contributed by atoms with Gasteiger partial charge >= 0.3 is 5.97 Å². The zero-order chi connectivity index (χ0) is 13.4. The normalized spacial score (nSPS) is 10.1. The van der Waals surface area contributed by atoms with Crippen LogP contribution in [0.3, 0.4) is 0 Å². The number of thiazole rings is 1. The van der Waals surface area contributed by atoms with Gasteiger partial charge in [-0.3, -0.25) is 9.59 Å². The molecular weight excluding hydrogens is 256 g/mol. The lowest BCUT2D eigenvalue weighted by atomic mass is 10.3. The van der Waals surface area contributed by atoms with Gasteiger partial charge < -0.3 is 14.8 Å². The first-order valence-corrected chi connectivity index (χ1v) is 6.33. The van der Waals surface area contributed by atoms with Crippen molar-refractivity contribution in [2.45, 2.75) is 19.3 Å². The van der Waals surface area contributed by atoms with Crippen LogP contribution in [0.4, 0.5) is 5.13 Å². The lowest BCUT2D eigenvalue weighted by Gasteiger charge is -2.00. The number of nitrogens with zero attached hydrogens (tertiary/aromatic N) is 1. The van der Waals surface area contributed by atoms with E-state index >= 15 is 0 Å². The van der Waals surface area contributed by atoms with Crippen molar-refractivity contribution in [3.63, 3.8) is 0 Å². The van der Waals surface area contributed by atoms with Gasteiger partial charge in [-0.05, 0) is 6.42 Å². The van der Waals surface area contributed by atoms with E-state index in [2.05, 4.69) is 15.0 Å². The van der Waals surface area contributed by atoms with Crippen LogP contribution in [0, 0.1) is 0 Å². The molecule has 0 bridgehead atoms. The van der Waals surface area contributed by atoms with Crippen LogP contribution in [0.25, 0.3) is 0 Å². The van der Waals surface area contributed by atoms with Gasteiger partial charge in [0.25, 0.3) is 0 Å². The van der Waals surface area contributed by atoms with Gasteiger partial charge in [0.15, 0.2) is 5.13 Å². The average molecular weight is 272 g/mol. The molecule has 0 aliphatic heterocycles. The lowest BCUT2D eigenvalue weighted by Crippen LogP contribution is -2.12. The Morgan fingerprint density at radius 1 is 1.44 bits per heavy atom. The standard InChI is InChI=1S/C11H16N2O4S/c1-16-5-3-4-9(14)13-11-12-8(7-18-11)6-10(15)17-2/h7H,3-6H2,1-2H3,(H,12,13,14). The molecule has 100 valence electrons. The molecule has 7 heteroatoms. The van der Waals surface area contributed by atoms with Crippen LogP contribution in [0.1, 0.15) is 18.5 Å². The number of hydrogen-bond donors (Lipinski definition) is 1. The molecule has 0 aliphatic carbocycles. The molecule has 0 fully saturated rings. The Hall–Kier alpha value is -1.47. The number of methoxy groups -OCH3 is 2. The molecule has 0 saturated heterocycles. The van der Waals surface area contributed by atoms with Gasteiger partial charge in [0, 0.05) is 25.5 Å². The molecule has 0 unspecified atom stereocenters. The van der Waals surface area contributed by atoms with E-state index in [1.54, 1.807) is 12.5 Å². The molecule has 1 rings (SSSR count). The van der Waals surface area contributed by atoms with Gasteiger partial charge in [0.1, 0.15) is 0 Å². The molecule has 0 spiro atoms. The summed E-state index contributed by atoms with van der Waals surface area (Å²) in [6.07, 6.45) is 1.18. The number of aromatic nitrogens is 1. The van der Waals surface area contributed by atoms with Crippen molar-refractivity contribution < 1.29 is 19.1 Å². The Kier molecular flexibility index (Phi) is 6.31. The molecule has 1 heterocycles. The number of hydrogen-bond acceptors (Lipinski definition) is 6. The maximum atomic E-state index is 11.5. The highest BCUT2D eigenvalue weighted by molar-refractivity contribution is 7.13. The third-order valence-electron chi connectivity index (χ3n) is 2.10. The summed E-state index contributed by atoms with van der Waals surface area (Å²) in [5, 5.41) is 4.89. The van der Waals surface area contributed by atoms with E-state index < -0.39 is 0 Å². The zero-order valence-electron chi connectivity index (χ0n) is 10.4. The first-order valence-electron chi connectivity index (χ1n) is 5.45. The highest BCUT2D eigenvalue weighted by Gasteiger charge is 2.09. The molecule has 0 atom stereocenters. The van der Waals surface area contributed by atoms with Gasteiger partial charge in [0.2, 0.25) is 5.91 Å². The predicted octanol–water partition coefficient (Wildman–Crippen LogP) is 1.22. The number of esters is 1. The minimum Gasteiger partial charge on any atom is -0.469 e. The maximum absolute atomic E-state index is 11.5. The van der Waals surface area contributed by atoms with E-state index in [-0.39, 0.29) is 18.3 Å². The fourth-order valence-corrected chi connectivity index (χ4v) is 1.95. The predicted molar refractivity (Wildman–Crippen MR) is 67.6 cm³/mol. The largest absolute Gasteiger partial charge is 0.469 e. The first-order chi connectivity index (χ1) is 8.65. The van der Waals surface area contributed by atoms with E-state index in [0.29, 0.717) is 30.3 Å². The molecule has 6 nitrogen and oxygen atoms in total. The molecule has 0 aliphatic rings. The van der Waals surface area contributed by atoms with Crippen molar-refractivity contribution in [2.75, 3.05) is 26.1 Å². The molecule has 0 saturated carbocycles. The van der Waals surface area contributed by atoms with Crippen molar-refractivity contribution in [3.8, 4) is 0 Å². The lowest BCUT2D eigenvalue weighted by molar-refractivity contribution is -0.139. The van der Waals surface area contributed by atoms with Gasteiger partial charge in [-0.2, -0.15) is 0 Å². The summed E-state index contributed by atoms with van der Waals surface area (Å²) in [7, 11) is 2.92. The van der Waals surface area contributed by atoms with Gasteiger partial charge in [0.05, 0.1) is 19.2 Å². The zero-order valence-corrected chi connectivity index (χ0v) is 11.2. The summed E-state index contributed by atoms with van der Waals surface area (Å²) in [6.45, 7) is 0.554. The Morgan fingerprint density at radius 2 is 2.22 bits per heavy atom. The Balaban J connectivity index is 2.38. The highest BCUT2D eigenvalue weighted by atomic mass is 32.1. The second-order valence-corrected chi connectivity index (χ2v) is 4.40. The summed E-state index contributed by atoms with van der Waals surface area (Å²) >= 11 is 1.29. The van der Waals surface area contributed by atoms with E-state index in [4.69, 9.17) is 4.74 Å². The minimum atomic E-state index is -0.349. The van der Waals surface area contributed by atoms with Crippen LogP contribution >= 0.6 is 11.3 Å². The van der Waals surface area contributed by atoms with E-state index in [1.165, 1.54) is 18.4 Å². The van der Waals surface area contributed by atoms with E-state index in [0.717, 1.165) is 0 Å². The summed E-state index contributed by atoms with van der Waals surface area (Å²) in [5.74, 6) is -0.454. The fraction of sp³-hybridized carbons (Fsp3) is 0.545. The van der Waals surface area contributed by atoms with Crippen molar-refractivity contribution in [3.05, 3.63) is 11.1 Å². The number of carbonyl (C=O) groups is 2. The molecule has 18 heavy (non-hydrogen) atoms. The van der Waals surface area contributed by atoms with Crippen LogP contribution < -0.4 is 5.32 Å². The Labute approximate surface area is 109 Å². The highest BCUT2D eigenvalue weighted by Crippen LogP contribution is 2.16. The first kappa shape index (κ1) is 14.6. The molecule has 1 N–H and O–H groups in total. The Morgan fingerprint density at radius 3 is 2.89 bits per heavy atom. The van der Waals surface area contributed by atoms with Crippen molar-refractivity contribution >= 4 is 28.3 Å². The van der Waals surface area contributed by atoms with Gasteiger partial charge in [-0.15, -0.1) is 11.3 Å². The number of nitrogens with one attached hydrogen (secondary N) is 1. The van der Waals surface area contributed by atoms with Crippen molar-refractivity contribution in [2.24, 2.45) is 0 Å². The molecular formula is C11H16N2O4S. The number of anilines is 1. The summed E-state index contributed by atoms with van der Waals surface area (Å²) in [4.78, 5) is 26.6. The maximum Gasteiger partial charge on any atom is 0.311 e. The third-order valence-corrected chi connectivity index (χ3v) is 2.91. The molecule has 1 amide bonds. The number of rotatable bonds is 7.